The van der Waals surface area contributed by atoms with Crippen molar-refractivity contribution < 1.29 is 22.0 Å². The highest BCUT2D eigenvalue weighted by Gasteiger charge is 2.37. The zero-order valence-electron chi connectivity index (χ0n) is 13.2. The number of aromatic nitrogens is 3. The number of hydrogen-bond donors (Lipinski definition) is 0. The largest absolute Gasteiger partial charge is 0.271 e. The van der Waals surface area contributed by atoms with Crippen LogP contribution in [-0.2, 0) is 0 Å². The van der Waals surface area contributed by atoms with Gasteiger partial charge in [0.25, 0.3) is 5.92 Å². The molecule has 0 aliphatic rings. The molecule has 0 unspecified atom stereocenters. The summed E-state index contributed by atoms with van der Waals surface area (Å²) in [4.78, 5) is 3.74. The molecular formula is C17H11BrF5N3. The van der Waals surface area contributed by atoms with Gasteiger partial charge in [-0.3, -0.25) is 4.68 Å². The van der Waals surface area contributed by atoms with Crippen molar-refractivity contribution in [3.63, 3.8) is 0 Å². The lowest BCUT2D eigenvalue weighted by atomic mass is 10.0. The summed E-state index contributed by atoms with van der Waals surface area (Å²) in [5.74, 6) is -5.64. The average molecular weight is 432 g/mol. The van der Waals surface area contributed by atoms with Crippen molar-refractivity contribution in [1.82, 2.24) is 14.8 Å². The highest BCUT2D eigenvalue weighted by atomic mass is 79.9. The van der Waals surface area contributed by atoms with Crippen molar-refractivity contribution in [2.45, 2.75) is 18.9 Å². The maximum absolute atomic E-state index is 14.2. The molecule has 3 rings (SSSR count). The predicted octanol–water partition coefficient (Wildman–Crippen LogP) is 5.37. The Kier molecular flexibility index (Phi) is 4.83. The fourth-order valence-corrected chi connectivity index (χ4v) is 2.86. The Labute approximate surface area is 153 Å². The Morgan fingerprint density at radius 1 is 1.08 bits per heavy atom. The maximum Gasteiger partial charge on any atom is 0.271 e. The third kappa shape index (κ3) is 3.62. The molecule has 0 aliphatic heterocycles. The number of alkyl halides is 2. The van der Waals surface area contributed by atoms with Gasteiger partial charge in [-0.2, -0.15) is 5.10 Å². The van der Waals surface area contributed by atoms with E-state index in [1.54, 1.807) is 0 Å². The van der Waals surface area contributed by atoms with Crippen LogP contribution in [0.3, 0.4) is 0 Å². The minimum Gasteiger partial charge on any atom is -0.258 e. The molecule has 0 bridgehead atoms. The SMILES string of the molecule is CC(F)(F)[C@@H](c1ccc(F)cc1)n1cc(-c2nc(Br)c(F)cc2F)cn1. The van der Waals surface area contributed by atoms with E-state index in [1.807, 2.05) is 0 Å². The molecule has 0 N–H and O–H groups in total. The minimum absolute atomic E-state index is 0.0968. The van der Waals surface area contributed by atoms with Crippen molar-refractivity contribution in [3.05, 3.63) is 70.3 Å². The standard InChI is InChI=1S/C17H11BrF5N3/c1-17(22,23)15(9-2-4-11(19)5-3-9)26-8-10(7-24-26)14-12(20)6-13(21)16(18)25-14/h2-8,15H,1H3/t15-/m1/s1. The molecular weight excluding hydrogens is 421 g/mol. The van der Waals surface area contributed by atoms with Crippen LogP contribution in [0.5, 0.6) is 0 Å². The molecule has 0 spiro atoms. The summed E-state index contributed by atoms with van der Waals surface area (Å²) in [5.41, 5.74) is -0.0105. The molecule has 0 aliphatic carbocycles. The minimum atomic E-state index is -3.24. The van der Waals surface area contributed by atoms with Gasteiger partial charge in [0.05, 0.1) is 6.20 Å². The normalized spacial score (nSPS) is 13.0. The van der Waals surface area contributed by atoms with Gasteiger partial charge in [-0.05, 0) is 33.6 Å². The Morgan fingerprint density at radius 2 is 1.73 bits per heavy atom. The van der Waals surface area contributed by atoms with Crippen LogP contribution >= 0.6 is 15.9 Å². The summed E-state index contributed by atoms with van der Waals surface area (Å²) in [6.45, 7) is 0.704. The summed E-state index contributed by atoms with van der Waals surface area (Å²) < 4.78 is 69.5. The summed E-state index contributed by atoms with van der Waals surface area (Å²) in [6, 6.07) is 3.69. The number of halogens is 6. The molecule has 136 valence electrons. The van der Waals surface area contributed by atoms with Crippen molar-refractivity contribution in [1.29, 1.82) is 0 Å². The molecule has 1 aromatic carbocycles. The molecule has 0 saturated heterocycles. The van der Waals surface area contributed by atoms with E-state index in [9.17, 15) is 22.0 Å². The molecule has 0 saturated carbocycles. The Balaban J connectivity index is 2.06. The number of hydrogen-bond acceptors (Lipinski definition) is 2. The lowest BCUT2D eigenvalue weighted by Gasteiger charge is -2.24. The molecule has 0 radical (unpaired) electrons. The van der Waals surface area contributed by atoms with Gasteiger partial charge in [-0.15, -0.1) is 0 Å². The van der Waals surface area contributed by atoms with Gasteiger partial charge in [0.2, 0.25) is 0 Å². The summed E-state index contributed by atoms with van der Waals surface area (Å²) in [6.07, 6.45) is 2.33. The zero-order chi connectivity index (χ0) is 19.1. The Bertz CT molecular complexity index is 935. The predicted molar refractivity (Wildman–Crippen MR) is 88.2 cm³/mol. The summed E-state index contributed by atoms with van der Waals surface area (Å²) in [5, 5.41) is 3.88. The van der Waals surface area contributed by atoms with Gasteiger partial charge in [0.1, 0.15) is 22.2 Å². The van der Waals surface area contributed by atoms with Gasteiger partial charge < -0.3 is 0 Å². The maximum atomic E-state index is 14.2. The third-order valence-corrected chi connectivity index (χ3v) is 4.25. The Hall–Kier alpha value is -2.29. The van der Waals surface area contributed by atoms with Crippen LogP contribution in [0.25, 0.3) is 11.3 Å². The zero-order valence-corrected chi connectivity index (χ0v) is 14.8. The van der Waals surface area contributed by atoms with Crippen LogP contribution in [0, 0.1) is 17.5 Å². The van der Waals surface area contributed by atoms with Gasteiger partial charge in [-0.25, -0.2) is 26.9 Å². The van der Waals surface area contributed by atoms with Crippen LogP contribution in [-0.4, -0.2) is 20.7 Å². The number of nitrogens with zero attached hydrogens (tertiary/aromatic N) is 3. The fraction of sp³-hybridized carbons (Fsp3) is 0.176. The van der Waals surface area contributed by atoms with Crippen LogP contribution in [0.1, 0.15) is 18.5 Å². The van der Waals surface area contributed by atoms with E-state index in [4.69, 9.17) is 0 Å². The van der Waals surface area contributed by atoms with Crippen molar-refractivity contribution >= 4 is 15.9 Å². The first-order chi connectivity index (χ1) is 12.2. The smallest absolute Gasteiger partial charge is 0.258 e. The molecule has 0 amide bonds. The quantitative estimate of drug-likeness (QED) is 0.410. The summed E-state index contributed by atoms with van der Waals surface area (Å²) >= 11 is 2.85. The summed E-state index contributed by atoms with van der Waals surface area (Å²) in [7, 11) is 0. The number of rotatable bonds is 4. The number of pyridine rings is 1. The van der Waals surface area contributed by atoms with Crippen molar-refractivity contribution in [3.8, 4) is 11.3 Å². The Morgan fingerprint density at radius 3 is 2.35 bits per heavy atom. The van der Waals surface area contributed by atoms with Crippen LogP contribution < -0.4 is 0 Å². The fourth-order valence-electron chi connectivity index (χ4n) is 2.57. The van der Waals surface area contributed by atoms with E-state index in [-0.39, 0.29) is 21.4 Å². The van der Waals surface area contributed by atoms with E-state index in [2.05, 4.69) is 26.0 Å². The first-order valence-electron chi connectivity index (χ1n) is 7.36. The van der Waals surface area contributed by atoms with Gasteiger partial charge >= 0.3 is 0 Å². The monoisotopic (exact) mass is 431 g/mol. The molecule has 2 heterocycles. The van der Waals surface area contributed by atoms with Crippen molar-refractivity contribution in [2.75, 3.05) is 0 Å². The lowest BCUT2D eigenvalue weighted by molar-refractivity contribution is -0.0217. The van der Waals surface area contributed by atoms with E-state index < -0.39 is 29.4 Å². The van der Waals surface area contributed by atoms with E-state index in [1.165, 1.54) is 18.3 Å². The highest BCUT2D eigenvalue weighted by Crippen LogP contribution is 2.35. The number of benzene rings is 1. The van der Waals surface area contributed by atoms with Crippen molar-refractivity contribution in [2.24, 2.45) is 0 Å². The highest BCUT2D eigenvalue weighted by molar-refractivity contribution is 9.10. The second kappa shape index (κ2) is 6.79. The first kappa shape index (κ1) is 18.5. The molecule has 9 heteroatoms. The molecule has 3 aromatic rings. The first-order valence-corrected chi connectivity index (χ1v) is 8.15. The second-order valence-corrected chi connectivity index (χ2v) is 6.46. The molecule has 0 fully saturated rings. The third-order valence-electron chi connectivity index (χ3n) is 3.69. The second-order valence-electron chi connectivity index (χ2n) is 5.71. The van der Waals surface area contributed by atoms with Crippen LogP contribution in [0.2, 0.25) is 0 Å². The van der Waals surface area contributed by atoms with E-state index in [0.29, 0.717) is 13.0 Å². The van der Waals surface area contributed by atoms with Gasteiger partial charge in [0.15, 0.2) is 11.6 Å². The molecule has 3 nitrogen and oxygen atoms in total. The molecule has 2 aromatic heterocycles. The van der Waals surface area contributed by atoms with Gasteiger partial charge in [-0.1, -0.05) is 12.1 Å². The van der Waals surface area contributed by atoms with Gasteiger partial charge in [0, 0.05) is 24.8 Å². The van der Waals surface area contributed by atoms with Crippen LogP contribution in [0.15, 0.2) is 47.3 Å². The molecule has 26 heavy (non-hydrogen) atoms. The topological polar surface area (TPSA) is 30.7 Å². The molecule has 1 atom stereocenters. The van der Waals surface area contributed by atoms with E-state index >= 15 is 0 Å². The van der Waals surface area contributed by atoms with Crippen LogP contribution in [0.4, 0.5) is 22.0 Å². The lowest BCUT2D eigenvalue weighted by Crippen LogP contribution is -2.29. The van der Waals surface area contributed by atoms with E-state index in [0.717, 1.165) is 23.0 Å². The average Bonchev–Trinajstić information content (AvgIpc) is 3.01.